The lowest BCUT2D eigenvalue weighted by Crippen LogP contribution is -2.55. The van der Waals surface area contributed by atoms with E-state index in [9.17, 15) is 14.7 Å². The summed E-state index contributed by atoms with van der Waals surface area (Å²) >= 11 is 5.79. The number of carboxylic acid groups (broad SMARTS) is 1. The molecule has 126 valence electrons. The molecule has 1 aliphatic rings. The Morgan fingerprint density at radius 1 is 1.17 bits per heavy atom. The monoisotopic (exact) mass is 339 g/mol. The highest BCUT2D eigenvalue weighted by molar-refractivity contribution is 6.30. The molecule has 1 aromatic carbocycles. The minimum absolute atomic E-state index is 0.228. The summed E-state index contributed by atoms with van der Waals surface area (Å²) in [5.41, 5.74) is -1.08. The number of benzene rings is 1. The van der Waals surface area contributed by atoms with Gasteiger partial charge in [-0.05, 0) is 43.5 Å². The van der Waals surface area contributed by atoms with Crippen LogP contribution in [0.1, 0.15) is 44.9 Å². The molecule has 0 atom stereocenters. The molecule has 1 aliphatic carbocycles. The van der Waals surface area contributed by atoms with Crippen molar-refractivity contribution in [3.05, 3.63) is 29.3 Å². The number of aliphatic carboxylic acids is 1. The van der Waals surface area contributed by atoms with Crippen LogP contribution in [0.25, 0.3) is 0 Å². The molecule has 23 heavy (non-hydrogen) atoms. The maximum atomic E-state index is 12.0. The van der Waals surface area contributed by atoms with Crippen LogP contribution < -0.4 is 10.1 Å². The van der Waals surface area contributed by atoms with Gasteiger partial charge in [-0.1, -0.05) is 30.9 Å². The molecule has 0 spiro atoms. The maximum Gasteiger partial charge on any atom is 0.329 e. The topological polar surface area (TPSA) is 75.6 Å². The molecule has 0 heterocycles. The van der Waals surface area contributed by atoms with Crippen LogP contribution in [0.2, 0.25) is 5.02 Å². The molecule has 0 aliphatic heterocycles. The van der Waals surface area contributed by atoms with Gasteiger partial charge in [-0.25, -0.2) is 4.79 Å². The quantitative estimate of drug-likeness (QED) is 0.746. The zero-order valence-corrected chi connectivity index (χ0v) is 13.8. The normalized spacial score (nSPS) is 16.6. The Morgan fingerprint density at radius 3 is 2.43 bits per heavy atom. The highest BCUT2D eigenvalue weighted by Gasteiger charge is 2.40. The van der Waals surface area contributed by atoms with E-state index in [2.05, 4.69) is 5.32 Å². The third kappa shape index (κ3) is 5.13. The summed E-state index contributed by atoms with van der Waals surface area (Å²) in [6.07, 6.45) is 4.51. The van der Waals surface area contributed by atoms with Crippen molar-refractivity contribution < 1.29 is 19.4 Å². The first kappa shape index (κ1) is 17.6. The molecule has 0 aromatic heterocycles. The Labute approximate surface area is 141 Å². The maximum absolute atomic E-state index is 12.0. The fourth-order valence-electron chi connectivity index (χ4n) is 2.83. The number of nitrogens with one attached hydrogen (secondary N) is 1. The molecule has 6 heteroatoms. The van der Waals surface area contributed by atoms with Crippen LogP contribution in [-0.2, 0) is 9.59 Å². The highest BCUT2D eigenvalue weighted by Crippen LogP contribution is 2.28. The van der Waals surface area contributed by atoms with Crippen molar-refractivity contribution in [2.24, 2.45) is 0 Å². The van der Waals surface area contributed by atoms with Crippen molar-refractivity contribution in [3.8, 4) is 5.75 Å². The standard InChI is InChI=1S/C17H22ClNO4/c18-13-6-8-14(9-7-13)23-12-4-5-15(20)19-17(16(21)22)10-2-1-3-11-17/h6-9H,1-5,10-12H2,(H,19,20)(H,21,22). The number of carbonyl (C=O) groups excluding carboxylic acids is 1. The second-order valence-electron chi connectivity index (χ2n) is 5.90. The fourth-order valence-corrected chi connectivity index (χ4v) is 2.96. The van der Waals surface area contributed by atoms with Gasteiger partial charge in [0, 0.05) is 11.4 Å². The van der Waals surface area contributed by atoms with Gasteiger partial charge in [-0.15, -0.1) is 0 Å². The van der Waals surface area contributed by atoms with Crippen LogP contribution in [-0.4, -0.2) is 29.1 Å². The first-order valence-corrected chi connectivity index (χ1v) is 8.32. The summed E-state index contributed by atoms with van der Waals surface area (Å²) in [6, 6.07) is 7.01. The molecular weight excluding hydrogens is 318 g/mol. The van der Waals surface area contributed by atoms with Crippen molar-refractivity contribution >= 4 is 23.5 Å². The molecular formula is C17H22ClNO4. The van der Waals surface area contributed by atoms with Gasteiger partial charge in [0.25, 0.3) is 0 Å². The number of ether oxygens (including phenoxy) is 1. The van der Waals surface area contributed by atoms with Crippen LogP contribution in [0, 0.1) is 0 Å². The Hall–Kier alpha value is -1.75. The van der Waals surface area contributed by atoms with E-state index in [-0.39, 0.29) is 12.3 Å². The number of hydrogen-bond donors (Lipinski definition) is 2. The van der Waals surface area contributed by atoms with Crippen molar-refractivity contribution in [2.75, 3.05) is 6.61 Å². The van der Waals surface area contributed by atoms with E-state index in [0.717, 1.165) is 19.3 Å². The molecule has 1 saturated carbocycles. The van der Waals surface area contributed by atoms with Gasteiger partial charge < -0.3 is 15.2 Å². The van der Waals surface area contributed by atoms with Gasteiger partial charge in [0.1, 0.15) is 11.3 Å². The van der Waals surface area contributed by atoms with E-state index in [1.165, 1.54) is 0 Å². The van der Waals surface area contributed by atoms with Crippen LogP contribution >= 0.6 is 11.6 Å². The largest absolute Gasteiger partial charge is 0.494 e. The molecule has 2 rings (SSSR count). The highest BCUT2D eigenvalue weighted by atomic mass is 35.5. The number of halogens is 1. The Bertz CT molecular complexity index is 538. The average molecular weight is 340 g/mol. The van der Waals surface area contributed by atoms with Crippen LogP contribution in [0.4, 0.5) is 0 Å². The number of carbonyl (C=O) groups is 2. The van der Waals surface area contributed by atoms with Gasteiger partial charge in [0.2, 0.25) is 5.91 Å². The van der Waals surface area contributed by atoms with Gasteiger partial charge in [-0.3, -0.25) is 4.79 Å². The third-order valence-electron chi connectivity index (χ3n) is 4.13. The van der Waals surface area contributed by atoms with Crippen LogP contribution in [0.3, 0.4) is 0 Å². The summed E-state index contributed by atoms with van der Waals surface area (Å²) in [6.45, 7) is 0.398. The SMILES string of the molecule is O=C(CCCOc1ccc(Cl)cc1)NC1(C(=O)O)CCCCC1. The van der Waals surface area contributed by atoms with E-state index < -0.39 is 11.5 Å². The lowest BCUT2D eigenvalue weighted by Gasteiger charge is -2.34. The summed E-state index contributed by atoms with van der Waals surface area (Å²) in [4.78, 5) is 23.5. The van der Waals surface area contributed by atoms with Crippen molar-refractivity contribution in [2.45, 2.75) is 50.5 Å². The van der Waals surface area contributed by atoms with Crippen molar-refractivity contribution in [3.63, 3.8) is 0 Å². The minimum Gasteiger partial charge on any atom is -0.494 e. The third-order valence-corrected chi connectivity index (χ3v) is 4.38. The second-order valence-corrected chi connectivity index (χ2v) is 6.34. The number of hydrogen-bond acceptors (Lipinski definition) is 3. The zero-order chi connectivity index (χ0) is 16.7. The lowest BCUT2D eigenvalue weighted by molar-refractivity contribution is -0.149. The molecule has 0 unspecified atom stereocenters. The predicted molar refractivity (Wildman–Crippen MR) is 87.8 cm³/mol. The van der Waals surface area contributed by atoms with Gasteiger partial charge >= 0.3 is 5.97 Å². The average Bonchev–Trinajstić information content (AvgIpc) is 2.54. The molecule has 0 saturated heterocycles. The Morgan fingerprint density at radius 2 is 1.83 bits per heavy atom. The first-order chi connectivity index (χ1) is 11.0. The van der Waals surface area contributed by atoms with Crippen LogP contribution in [0.15, 0.2) is 24.3 Å². The Kier molecular flexibility index (Phi) is 6.28. The summed E-state index contributed by atoms with van der Waals surface area (Å²) in [5.74, 6) is -0.457. The number of rotatable bonds is 7. The van der Waals surface area contributed by atoms with Gasteiger partial charge in [0.05, 0.1) is 6.61 Å². The first-order valence-electron chi connectivity index (χ1n) is 7.95. The fraction of sp³-hybridized carbons (Fsp3) is 0.529. The number of amides is 1. The van der Waals surface area contributed by atoms with E-state index in [1.54, 1.807) is 24.3 Å². The van der Waals surface area contributed by atoms with Crippen molar-refractivity contribution in [1.82, 2.24) is 5.32 Å². The van der Waals surface area contributed by atoms with Gasteiger partial charge in [-0.2, -0.15) is 0 Å². The van der Waals surface area contributed by atoms with E-state index >= 15 is 0 Å². The van der Waals surface area contributed by atoms with E-state index in [0.29, 0.717) is 36.6 Å². The van der Waals surface area contributed by atoms with E-state index in [4.69, 9.17) is 16.3 Å². The molecule has 5 nitrogen and oxygen atoms in total. The molecule has 1 aromatic rings. The molecule has 2 N–H and O–H groups in total. The van der Waals surface area contributed by atoms with Gasteiger partial charge in [0.15, 0.2) is 0 Å². The summed E-state index contributed by atoms with van der Waals surface area (Å²) < 4.78 is 5.52. The molecule has 1 amide bonds. The summed E-state index contributed by atoms with van der Waals surface area (Å²) in [7, 11) is 0. The predicted octanol–water partition coefficient (Wildman–Crippen LogP) is 3.40. The molecule has 1 fully saturated rings. The second kappa shape index (κ2) is 8.20. The molecule has 0 bridgehead atoms. The lowest BCUT2D eigenvalue weighted by atomic mass is 9.81. The smallest absolute Gasteiger partial charge is 0.329 e. The molecule has 0 radical (unpaired) electrons. The van der Waals surface area contributed by atoms with Crippen molar-refractivity contribution in [1.29, 1.82) is 0 Å². The van der Waals surface area contributed by atoms with E-state index in [1.807, 2.05) is 0 Å². The minimum atomic E-state index is -1.08. The van der Waals surface area contributed by atoms with Crippen LogP contribution in [0.5, 0.6) is 5.75 Å². The summed E-state index contributed by atoms with van der Waals surface area (Å²) in [5, 5.41) is 12.8. The Balaban J connectivity index is 1.73. The zero-order valence-electron chi connectivity index (χ0n) is 13.0. The number of carboxylic acids is 1.